The van der Waals surface area contributed by atoms with Crippen LogP contribution in [0.25, 0.3) is 4.96 Å². The van der Waals surface area contributed by atoms with E-state index in [1.54, 1.807) is 14.2 Å². The van der Waals surface area contributed by atoms with Crippen molar-refractivity contribution in [3.05, 3.63) is 34.5 Å². The van der Waals surface area contributed by atoms with Gasteiger partial charge in [-0.1, -0.05) is 18.3 Å². The van der Waals surface area contributed by atoms with Gasteiger partial charge in [0, 0.05) is 37.8 Å². The van der Waals surface area contributed by atoms with Gasteiger partial charge in [-0.2, -0.15) is 4.52 Å². The number of thiazole rings is 1. The molecule has 0 spiro atoms. The summed E-state index contributed by atoms with van der Waals surface area (Å²) in [7, 11) is 3.31. The third-order valence-electron chi connectivity index (χ3n) is 5.51. The SMILES string of the molecule is CCN1CCN([C@@H](c2ccc(OC)cc2OC)c2sc3nc(C)nn3c2O)CC1. The quantitative estimate of drug-likeness (QED) is 0.661. The summed E-state index contributed by atoms with van der Waals surface area (Å²) >= 11 is 1.47. The zero-order valence-corrected chi connectivity index (χ0v) is 18.1. The third-order valence-corrected chi connectivity index (χ3v) is 6.58. The highest BCUT2D eigenvalue weighted by atomic mass is 32.1. The van der Waals surface area contributed by atoms with Gasteiger partial charge < -0.3 is 19.5 Å². The first kappa shape index (κ1) is 19.9. The molecule has 156 valence electrons. The monoisotopic (exact) mass is 417 g/mol. The fraction of sp³-hybridized carbons (Fsp3) is 0.500. The lowest BCUT2D eigenvalue weighted by Crippen LogP contribution is -2.47. The van der Waals surface area contributed by atoms with E-state index >= 15 is 0 Å². The lowest BCUT2D eigenvalue weighted by atomic mass is 10.0. The van der Waals surface area contributed by atoms with E-state index in [0.717, 1.165) is 54.7 Å². The van der Waals surface area contributed by atoms with Crippen molar-refractivity contribution in [3.8, 4) is 17.4 Å². The molecular weight excluding hydrogens is 390 g/mol. The average Bonchev–Trinajstić information content (AvgIpc) is 3.26. The van der Waals surface area contributed by atoms with Crippen LogP contribution in [0.3, 0.4) is 0 Å². The molecule has 4 rings (SSSR count). The smallest absolute Gasteiger partial charge is 0.230 e. The van der Waals surface area contributed by atoms with Gasteiger partial charge in [-0.3, -0.25) is 4.90 Å². The molecule has 0 saturated carbocycles. The van der Waals surface area contributed by atoms with Gasteiger partial charge in [0.05, 0.1) is 25.1 Å². The molecule has 1 aliphatic rings. The van der Waals surface area contributed by atoms with Crippen LogP contribution in [-0.4, -0.2) is 76.4 Å². The second-order valence-corrected chi connectivity index (χ2v) is 8.13. The van der Waals surface area contributed by atoms with Crippen LogP contribution in [0.2, 0.25) is 0 Å². The first-order valence-corrected chi connectivity index (χ1v) is 10.6. The number of benzene rings is 1. The van der Waals surface area contributed by atoms with Crippen molar-refractivity contribution in [1.29, 1.82) is 0 Å². The molecule has 0 bridgehead atoms. The Morgan fingerprint density at radius 2 is 1.93 bits per heavy atom. The van der Waals surface area contributed by atoms with Crippen molar-refractivity contribution in [1.82, 2.24) is 24.4 Å². The molecule has 29 heavy (non-hydrogen) atoms. The van der Waals surface area contributed by atoms with Crippen molar-refractivity contribution >= 4 is 16.3 Å². The molecule has 1 atom stereocenters. The van der Waals surface area contributed by atoms with Crippen LogP contribution >= 0.6 is 11.3 Å². The molecule has 2 aromatic heterocycles. The molecule has 1 N–H and O–H groups in total. The first-order chi connectivity index (χ1) is 14.0. The summed E-state index contributed by atoms with van der Waals surface area (Å²) in [5, 5.41) is 15.3. The predicted molar refractivity (Wildman–Crippen MR) is 112 cm³/mol. The normalized spacial score (nSPS) is 17.0. The molecule has 9 heteroatoms. The molecule has 1 fully saturated rings. The van der Waals surface area contributed by atoms with Gasteiger partial charge in [0.15, 0.2) is 0 Å². The Kier molecular flexibility index (Phi) is 5.62. The summed E-state index contributed by atoms with van der Waals surface area (Å²) in [5.74, 6) is 2.27. The molecule has 3 heterocycles. The van der Waals surface area contributed by atoms with Crippen LogP contribution in [-0.2, 0) is 0 Å². The number of nitrogens with zero attached hydrogens (tertiary/aromatic N) is 5. The van der Waals surface area contributed by atoms with E-state index in [2.05, 4.69) is 26.8 Å². The van der Waals surface area contributed by atoms with Crippen molar-refractivity contribution in [2.24, 2.45) is 0 Å². The topological polar surface area (TPSA) is 75.4 Å². The van der Waals surface area contributed by atoms with Crippen molar-refractivity contribution in [2.75, 3.05) is 46.9 Å². The lowest BCUT2D eigenvalue weighted by Gasteiger charge is -2.39. The second kappa shape index (κ2) is 8.17. The molecule has 0 unspecified atom stereocenters. The highest BCUT2D eigenvalue weighted by Gasteiger charge is 2.33. The van der Waals surface area contributed by atoms with E-state index in [1.165, 1.54) is 15.9 Å². The van der Waals surface area contributed by atoms with Gasteiger partial charge in [-0.15, -0.1) is 5.10 Å². The van der Waals surface area contributed by atoms with Crippen LogP contribution in [0.15, 0.2) is 18.2 Å². The molecule has 1 aromatic carbocycles. The zero-order chi connectivity index (χ0) is 20.5. The average molecular weight is 418 g/mol. The molecule has 8 nitrogen and oxygen atoms in total. The molecule has 0 radical (unpaired) electrons. The largest absolute Gasteiger partial charge is 0.497 e. The predicted octanol–water partition coefficient (Wildman–Crippen LogP) is 2.55. The maximum absolute atomic E-state index is 11.0. The van der Waals surface area contributed by atoms with E-state index in [-0.39, 0.29) is 11.9 Å². The number of ether oxygens (including phenoxy) is 2. The first-order valence-electron chi connectivity index (χ1n) is 9.79. The van der Waals surface area contributed by atoms with E-state index in [1.807, 2.05) is 25.1 Å². The van der Waals surface area contributed by atoms with Crippen molar-refractivity contribution in [3.63, 3.8) is 0 Å². The van der Waals surface area contributed by atoms with E-state index in [9.17, 15) is 5.11 Å². The second-order valence-electron chi connectivity index (χ2n) is 7.12. The molecule has 1 aliphatic heterocycles. The third kappa shape index (κ3) is 3.65. The number of aromatic nitrogens is 3. The maximum atomic E-state index is 11.0. The number of methoxy groups -OCH3 is 2. The summed E-state index contributed by atoms with van der Waals surface area (Å²) in [5.41, 5.74) is 0.995. The van der Waals surface area contributed by atoms with E-state index in [0.29, 0.717) is 10.8 Å². The van der Waals surface area contributed by atoms with E-state index in [4.69, 9.17) is 9.47 Å². The zero-order valence-electron chi connectivity index (χ0n) is 17.3. The minimum atomic E-state index is -0.149. The standard InChI is InChI=1S/C20H27N5O3S/c1-5-23-8-10-24(11-9-23)17(15-7-6-14(27-3)12-16(15)28-4)18-19(26)25-20(29-18)21-13(2)22-25/h6-7,12,17,26H,5,8-11H2,1-4H3/t17-/m0/s1. The van der Waals surface area contributed by atoms with Gasteiger partial charge in [-0.05, 0) is 25.6 Å². The molecule has 0 aliphatic carbocycles. The number of hydrogen-bond donors (Lipinski definition) is 1. The van der Waals surface area contributed by atoms with Crippen LogP contribution in [0, 0.1) is 6.92 Å². The number of piperazine rings is 1. The Bertz CT molecular complexity index is 994. The summed E-state index contributed by atoms with van der Waals surface area (Å²) in [6, 6.07) is 5.70. The Balaban J connectivity index is 1.81. The van der Waals surface area contributed by atoms with Crippen molar-refractivity contribution < 1.29 is 14.6 Å². The van der Waals surface area contributed by atoms with Gasteiger partial charge in [0.25, 0.3) is 0 Å². The van der Waals surface area contributed by atoms with Crippen molar-refractivity contribution in [2.45, 2.75) is 19.9 Å². The van der Waals surface area contributed by atoms with Gasteiger partial charge in [-0.25, -0.2) is 4.98 Å². The highest BCUT2D eigenvalue weighted by Crippen LogP contribution is 2.43. The number of aryl methyl sites for hydroxylation is 1. The van der Waals surface area contributed by atoms with Gasteiger partial charge in [0.2, 0.25) is 10.8 Å². The molecule has 0 amide bonds. The Morgan fingerprint density at radius 1 is 1.17 bits per heavy atom. The highest BCUT2D eigenvalue weighted by molar-refractivity contribution is 7.17. The minimum Gasteiger partial charge on any atom is -0.497 e. The summed E-state index contributed by atoms with van der Waals surface area (Å²) in [4.78, 5) is 10.8. The molecule has 3 aromatic rings. The van der Waals surface area contributed by atoms with Crippen LogP contribution < -0.4 is 9.47 Å². The number of aromatic hydroxyl groups is 1. The Labute approximate surface area is 174 Å². The maximum Gasteiger partial charge on any atom is 0.230 e. The summed E-state index contributed by atoms with van der Waals surface area (Å²) < 4.78 is 12.6. The Hall–Kier alpha value is -2.36. The lowest BCUT2D eigenvalue weighted by molar-refractivity contribution is 0.112. The summed E-state index contributed by atoms with van der Waals surface area (Å²) in [6.07, 6.45) is 0. The number of rotatable bonds is 6. The van der Waals surface area contributed by atoms with Crippen LogP contribution in [0.4, 0.5) is 0 Å². The fourth-order valence-electron chi connectivity index (χ4n) is 3.91. The minimum absolute atomic E-state index is 0.145. The summed E-state index contributed by atoms with van der Waals surface area (Å²) in [6.45, 7) is 8.85. The molecular formula is C20H27N5O3S. The van der Waals surface area contributed by atoms with E-state index < -0.39 is 0 Å². The fourth-order valence-corrected chi connectivity index (χ4v) is 5.07. The number of fused-ring (bicyclic) bond motifs is 1. The Morgan fingerprint density at radius 3 is 2.55 bits per heavy atom. The number of hydrogen-bond acceptors (Lipinski definition) is 8. The molecule has 1 saturated heterocycles. The van der Waals surface area contributed by atoms with Crippen LogP contribution in [0.1, 0.15) is 29.2 Å². The van der Waals surface area contributed by atoms with Crippen LogP contribution in [0.5, 0.6) is 17.4 Å². The van der Waals surface area contributed by atoms with Gasteiger partial charge >= 0.3 is 0 Å². The number of likely N-dealkylation sites (N-methyl/N-ethyl adjacent to an activating group) is 1. The van der Waals surface area contributed by atoms with Gasteiger partial charge in [0.1, 0.15) is 17.3 Å².